The molecule has 3 heteroatoms. The van der Waals surface area contributed by atoms with Gasteiger partial charge in [-0.1, -0.05) is 66.7 Å². The summed E-state index contributed by atoms with van der Waals surface area (Å²) in [7, 11) is 0. The van der Waals surface area contributed by atoms with Gasteiger partial charge in [-0.05, 0) is 23.6 Å². The van der Waals surface area contributed by atoms with E-state index in [4.69, 9.17) is 0 Å². The van der Waals surface area contributed by atoms with Crippen LogP contribution in [-0.2, 0) is 11.2 Å². The number of allylic oxidation sites excluding steroid dienone is 1. The zero-order valence-corrected chi connectivity index (χ0v) is 11.8. The molecule has 0 heterocycles. The van der Waals surface area contributed by atoms with E-state index in [-0.39, 0.29) is 5.91 Å². The molecular weight excluding hydrogens is 260 g/mol. The Labute approximate surface area is 125 Å². The lowest BCUT2D eigenvalue weighted by atomic mass is 10.1. The largest absolute Gasteiger partial charge is 0.273 e. The van der Waals surface area contributed by atoms with E-state index >= 15 is 0 Å². The predicted molar refractivity (Wildman–Crippen MR) is 86.9 cm³/mol. The maximum atomic E-state index is 11.6. The van der Waals surface area contributed by atoms with Crippen molar-refractivity contribution in [2.75, 3.05) is 0 Å². The fourth-order valence-electron chi connectivity index (χ4n) is 1.83. The van der Waals surface area contributed by atoms with Crippen molar-refractivity contribution < 1.29 is 4.79 Å². The first-order valence-corrected chi connectivity index (χ1v) is 6.92. The quantitative estimate of drug-likeness (QED) is 0.638. The maximum absolute atomic E-state index is 11.6. The zero-order valence-electron chi connectivity index (χ0n) is 11.8. The van der Waals surface area contributed by atoms with E-state index in [0.29, 0.717) is 6.42 Å². The molecule has 21 heavy (non-hydrogen) atoms. The zero-order chi connectivity index (χ0) is 14.8. The number of hydrogen-bond donors (Lipinski definition) is 1. The molecule has 2 aromatic carbocycles. The van der Waals surface area contributed by atoms with Gasteiger partial charge in [-0.3, -0.25) is 4.79 Å². The van der Waals surface area contributed by atoms with Crippen LogP contribution in [0.15, 0.2) is 71.8 Å². The van der Waals surface area contributed by atoms with Crippen molar-refractivity contribution in [2.45, 2.75) is 12.8 Å². The number of nitrogens with one attached hydrogen (secondary N) is 1. The second-order valence-corrected chi connectivity index (χ2v) is 4.57. The smallest absolute Gasteiger partial charge is 0.240 e. The van der Waals surface area contributed by atoms with Gasteiger partial charge in [-0.15, -0.1) is 0 Å². The summed E-state index contributed by atoms with van der Waals surface area (Å²) >= 11 is 0. The molecule has 3 nitrogen and oxygen atoms in total. The summed E-state index contributed by atoms with van der Waals surface area (Å²) < 4.78 is 0. The van der Waals surface area contributed by atoms with Crippen molar-refractivity contribution in [3.05, 3.63) is 77.9 Å². The minimum Gasteiger partial charge on any atom is -0.273 e. The second kappa shape index (κ2) is 8.48. The lowest BCUT2D eigenvalue weighted by molar-refractivity contribution is -0.121. The number of hydrazone groups is 1. The highest BCUT2D eigenvalue weighted by Crippen LogP contribution is 2.02. The molecule has 2 aromatic rings. The average Bonchev–Trinajstić information content (AvgIpc) is 2.54. The highest BCUT2D eigenvalue weighted by atomic mass is 16.2. The summed E-state index contributed by atoms with van der Waals surface area (Å²) in [4.78, 5) is 11.6. The average molecular weight is 278 g/mol. The summed E-state index contributed by atoms with van der Waals surface area (Å²) in [6, 6.07) is 19.9. The number of rotatable bonds is 6. The van der Waals surface area contributed by atoms with Gasteiger partial charge in [0.05, 0.1) is 0 Å². The third-order valence-corrected chi connectivity index (χ3v) is 2.92. The van der Waals surface area contributed by atoms with Gasteiger partial charge in [-0.25, -0.2) is 5.43 Å². The summed E-state index contributed by atoms with van der Waals surface area (Å²) in [5.41, 5.74) is 4.77. The SMILES string of the molecule is O=C(CCc1ccccc1)N/N=C/C=C/c1ccccc1. The minimum absolute atomic E-state index is 0.0804. The van der Waals surface area contributed by atoms with Crippen molar-refractivity contribution >= 4 is 18.2 Å². The molecule has 0 aromatic heterocycles. The molecule has 2 rings (SSSR count). The Morgan fingerprint density at radius 3 is 2.38 bits per heavy atom. The van der Waals surface area contributed by atoms with E-state index in [1.807, 2.05) is 66.7 Å². The minimum atomic E-state index is -0.0804. The van der Waals surface area contributed by atoms with Crippen molar-refractivity contribution in [1.29, 1.82) is 0 Å². The molecule has 1 amide bonds. The molecule has 0 aliphatic carbocycles. The van der Waals surface area contributed by atoms with Gasteiger partial charge in [0.2, 0.25) is 5.91 Å². The van der Waals surface area contributed by atoms with E-state index in [2.05, 4.69) is 10.5 Å². The molecule has 0 aliphatic heterocycles. The van der Waals surface area contributed by atoms with E-state index in [9.17, 15) is 4.79 Å². The first-order chi connectivity index (χ1) is 10.3. The van der Waals surface area contributed by atoms with Crippen LogP contribution in [0, 0.1) is 0 Å². The second-order valence-electron chi connectivity index (χ2n) is 4.57. The molecule has 0 spiro atoms. The van der Waals surface area contributed by atoms with E-state index in [1.54, 1.807) is 12.3 Å². The Morgan fingerprint density at radius 2 is 1.67 bits per heavy atom. The first kappa shape index (κ1) is 14.7. The van der Waals surface area contributed by atoms with Gasteiger partial charge in [0.25, 0.3) is 0 Å². The summed E-state index contributed by atoms with van der Waals surface area (Å²) in [6.45, 7) is 0. The highest BCUT2D eigenvalue weighted by molar-refractivity contribution is 5.81. The Balaban J connectivity index is 1.69. The highest BCUT2D eigenvalue weighted by Gasteiger charge is 1.99. The molecule has 106 valence electrons. The predicted octanol–water partition coefficient (Wildman–Crippen LogP) is 3.43. The molecular formula is C18H18N2O. The molecule has 0 fully saturated rings. The Morgan fingerprint density at radius 1 is 1.00 bits per heavy atom. The van der Waals surface area contributed by atoms with Crippen LogP contribution in [0.2, 0.25) is 0 Å². The van der Waals surface area contributed by atoms with Crippen LogP contribution in [0.5, 0.6) is 0 Å². The Bertz CT molecular complexity index is 604. The Hall–Kier alpha value is -2.68. The lowest BCUT2D eigenvalue weighted by Crippen LogP contribution is -2.17. The third-order valence-electron chi connectivity index (χ3n) is 2.92. The van der Waals surface area contributed by atoms with Crippen LogP contribution >= 0.6 is 0 Å². The number of benzene rings is 2. The number of hydrogen-bond acceptors (Lipinski definition) is 2. The first-order valence-electron chi connectivity index (χ1n) is 6.92. The number of aryl methyl sites for hydroxylation is 1. The van der Waals surface area contributed by atoms with Gasteiger partial charge in [0, 0.05) is 12.6 Å². The molecule has 0 bridgehead atoms. The van der Waals surface area contributed by atoms with Crippen LogP contribution in [0.4, 0.5) is 0 Å². The van der Waals surface area contributed by atoms with Gasteiger partial charge >= 0.3 is 0 Å². The molecule has 0 saturated carbocycles. The standard InChI is InChI=1S/C18H18N2O/c21-18(14-13-17-10-5-2-6-11-17)20-19-15-7-12-16-8-3-1-4-9-16/h1-12,15H,13-14H2,(H,20,21)/b12-7+,19-15+. The van der Waals surface area contributed by atoms with E-state index < -0.39 is 0 Å². The van der Waals surface area contributed by atoms with Crippen molar-refractivity contribution in [2.24, 2.45) is 5.10 Å². The molecule has 0 radical (unpaired) electrons. The molecule has 0 aliphatic rings. The van der Waals surface area contributed by atoms with Crippen LogP contribution in [0.1, 0.15) is 17.5 Å². The normalized spacial score (nSPS) is 11.0. The third kappa shape index (κ3) is 5.87. The molecule has 1 N–H and O–H groups in total. The lowest BCUT2D eigenvalue weighted by Gasteiger charge is -1.99. The topological polar surface area (TPSA) is 41.5 Å². The number of nitrogens with zero attached hydrogens (tertiary/aromatic N) is 1. The summed E-state index contributed by atoms with van der Waals surface area (Å²) in [6.07, 6.45) is 6.46. The monoisotopic (exact) mass is 278 g/mol. The number of carbonyl (C=O) groups is 1. The molecule has 0 unspecified atom stereocenters. The summed E-state index contributed by atoms with van der Waals surface area (Å²) in [5, 5.41) is 3.89. The van der Waals surface area contributed by atoms with Crippen molar-refractivity contribution in [3.63, 3.8) is 0 Å². The van der Waals surface area contributed by atoms with Crippen molar-refractivity contribution in [3.8, 4) is 0 Å². The number of carbonyl (C=O) groups excluding carboxylic acids is 1. The molecule has 0 atom stereocenters. The fourth-order valence-corrected chi connectivity index (χ4v) is 1.83. The van der Waals surface area contributed by atoms with Crippen molar-refractivity contribution in [1.82, 2.24) is 5.43 Å². The Kier molecular flexibility index (Phi) is 5.95. The van der Waals surface area contributed by atoms with Crippen LogP contribution < -0.4 is 5.43 Å². The van der Waals surface area contributed by atoms with Crippen LogP contribution in [0.3, 0.4) is 0 Å². The van der Waals surface area contributed by atoms with Gasteiger partial charge in [-0.2, -0.15) is 5.10 Å². The van der Waals surface area contributed by atoms with Gasteiger partial charge in [0.15, 0.2) is 0 Å². The van der Waals surface area contributed by atoms with Crippen LogP contribution in [-0.4, -0.2) is 12.1 Å². The van der Waals surface area contributed by atoms with E-state index in [0.717, 1.165) is 17.5 Å². The fraction of sp³-hybridized carbons (Fsp3) is 0.111. The maximum Gasteiger partial charge on any atom is 0.240 e. The molecule has 0 saturated heterocycles. The van der Waals surface area contributed by atoms with Crippen LogP contribution in [0.25, 0.3) is 6.08 Å². The number of amides is 1. The van der Waals surface area contributed by atoms with E-state index in [1.165, 1.54) is 0 Å². The summed E-state index contributed by atoms with van der Waals surface area (Å²) in [5.74, 6) is -0.0804. The van der Waals surface area contributed by atoms with Gasteiger partial charge in [0.1, 0.15) is 0 Å². The van der Waals surface area contributed by atoms with Gasteiger partial charge < -0.3 is 0 Å².